The highest BCUT2D eigenvalue weighted by atomic mass is 32.1. The van der Waals surface area contributed by atoms with Gasteiger partial charge in [0.1, 0.15) is 16.3 Å². The molecule has 9 heteroatoms. The van der Waals surface area contributed by atoms with Gasteiger partial charge in [-0.25, -0.2) is 23.1 Å². The molecule has 1 aliphatic heterocycles. The minimum atomic E-state index is -0.636. The molecule has 6 nitrogen and oxygen atoms in total. The first kappa shape index (κ1) is 21.5. The maximum absolute atomic E-state index is 14.5. The summed E-state index contributed by atoms with van der Waals surface area (Å²) in [5.41, 5.74) is 1.32. The average Bonchev–Trinajstić information content (AvgIpc) is 3.47. The number of aromatic nitrogens is 3. The fourth-order valence-electron chi connectivity index (χ4n) is 4.23. The zero-order valence-corrected chi connectivity index (χ0v) is 19.1. The summed E-state index contributed by atoms with van der Waals surface area (Å²) in [7, 11) is 0. The van der Waals surface area contributed by atoms with Crippen molar-refractivity contribution in [3.63, 3.8) is 0 Å². The predicted molar refractivity (Wildman–Crippen MR) is 126 cm³/mol. The third-order valence-electron chi connectivity index (χ3n) is 6.20. The first-order chi connectivity index (χ1) is 15.8. The Labute approximate surface area is 192 Å². The fourth-order valence-corrected chi connectivity index (χ4v) is 5.29. The molecule has 2 aromatic carbocycles. The van der Waals surface area contributed by atoms with Gasteiger partial charge in [-0.2, -0.15) is 0 Å². The third kappa shape index (κ3) is 3.66. The van der Waals surface area contributed by atoms with Gasteiger partial charge in [0.25, 0.3) is 5.56 Å². The van der Waals surface area contributed by atoms with Crippen molar-refractivity contribution in [1.82, 2.24) is 14.1 Å². The SMILES string of the molecule is Cc1cccc(-n2c(=O)c3sc(N4CCCC4)nc3n(Cc3cc(F)ccc3F)c2=O)c1C. The minimum absolute atomic E-state index is 0.0142. The molecule has 0 radical (unpaired) electrons. The second-order valence-corrected chi connectivity index (χ2v) is 9.28. The number of benzene rings is 2. The summed E-state index contributed by atoms with van der Waals surface area (Å²) < 4.78 is 31.0. The van der Waals surface area contributed by atoms with E-state index >= 15 is 0 Å². The second kappa shape index (κ2) is 8.22. The molecule has 33 heavy (non-hydrogen) atoms. The summed E-state index contributed by atoms with van der Waals surface area (Å²) >= 11 is 1.23. The van der Waals surface area contributed by atoms with E-state index in [1.807, 2.05) is 19.9 Å². The normalized spacial score (nSPS) is 13.9. The van der Waals surface area contributed by atoms with Gasteiger partial charge in [0.05, 0.1) is 12.2 Å². The van der Waals surface area contributed by atoms with Gasteiger partial charge in [-0.05, 0) is 62.1 Å². The summed E-state index contributed by atoms with van der Waals surface area (Å²) in [5, 5.41) is 0.658. The average molecular weight is 469 g/mol. The lowest BCUT2D eigenvalue weighted by atomic mass is 10.1. The molecule has 4 aromatic rings. The quantitative estimate of drug-likeness (QED) is 0.452. The highest BCUT2D eigenvalue weighted by molar-refractivity contribution is 7.22. The predicted octanol–water partition coefficient (Wildman–Crippen LogP) is 4.15. The van der Waals surface area contributed by atoms with Crippen molar-refractivity contribution in [2.75, 3.05) is 18.0 Å². The number of halogens is 2. The molecule has 3 heterocycles. The summed E-state index contributed by atoms with van der Waals surface area (Å²) in [6.45, 7) is 5.16. The largest absolute Gasteiger partial charge is 0.348 e. The van der Waals surface area contributed by atoms with E-state index in [1.165, 1.54) is 15.9 Å². The van der Waals surface area contributed by atoms with Crippen molar-refractivity contribution in [3.05, 3.63) is 85.6 Å². The van der Waals surface area contributed by atoms with Gasteiger partial charge in [-0.3, -0.25) is 9.36 Å². The van der Waals surface area contributed by atoms with Crippen LogP contribution in [0.4, 0.5) is 13.9 Å². The van der Waals surface area contributed by atoms with Crippen LogP contribution in [-0.2, 0) is 6.54 Å². The number of anilines is 1. The van der Waals surface area contributed by atoms with Gasteiger partial charge in [-0.1, -0.05) is 23.5 Å². The number of hydrogen-bond donors (Lipinski definition) is 0. The molecule has 0 N–H and O–H groups in total. The number of nitrogens with zero attached hydrogens (tertiary/aromatic N) is 4. The van der Waals surface area contributed by atoms with Crippen LogP contribution in [0.1, 0.15) is 29.5 Å². The van der Waals surface area contributed by atoms with Crippen LogP contribution in [0.25, 0.3) is 16.0 Å². The lowest BCUT2D eigenvalue weighted by molar-refractivity contribution is 0.572. The highest BCUT2D eigenvalue weighted by Gasteiger charge is 2.24. The van der Waals surface area contributed by atoms with Crippen LogP contribution in [0.5, 0.6) is 0 Å². The number of fused-ring (bicyclic) bond motifs is 1. The Hall–Kier alpha value is -3.33. The molecular weight excluding hydrogens is 446 g/mol. The summed E-state index contributed by atoms with van der Waals surface area (Å²) in [4.78, 5) is 33.9. The van der Waals surface area contributed by atoms with E-state index in [4.69, 9.17) is 0 Å². The Morgan fingerprint density at radius 1 is 1.06 bits per heavy atom. The van der Waals surface area contributed by atoms with Gasteiger partial charge in [-0.15, -0.1) is 0 Å². The van der Waals surface area contributed by atoms with E-state index < -0.39 is 22.9 Å². The Morgan fingerprint density at radius 3 is 2.58 bits per heavy atom. The third-order valence-corrected chi connectivity index (χ3v) is 7.30. The van der Waals surface area contributed by atoms with Crippen molar-refractivity contribution in [2.24, 2.45) is 0 Å². The molecule has 0 saturated carbocycles. The van der Waals surface area contributed by atoms with Crippen molar-refractivity contribution >= 4 is 26.8 Å². The molecule has 0 unspecified atom stereocenters. The molecule has 0 amide bonds. The summed E-state index contributed by atoms with van der Waals surface area (Å²) in [6, 6.07) is 8.53. The van der Waals surface area contributed by atoms with Crippen LogP contribution in [0.3, 0.4) is 0 Å². The topological polar surface area (TPSA) is 60.1 Å². The summed E-state index contributed by atoms with van der Waals surface area (Å²) in [6.07, 6.45) is 2.06. The molecule has 0 atom stereocenters. The molecule has 2 aromatic heterocycles. The highest BCUT2D eigenvalue weighted by Crippen LogP contribution is 2.29. The van der Waals surface area contributed by atoms with Crippen LogP contribution >= 0.6 is 11.3 Å². The van der Waals surface area contributed by atoms with Gasteiger partial charge in [0, 0.05) is 18.7 Å². The van der Waals surface area contributed by atoms with Crippen molar-refractivity contribution in [1.29, 1.82) is 0 Å². The standard InChI is InChI=1S/C24H22F2N4O2S/c1-14-6-5-7-19(15(14)2)30-22(31)20-21(27-23(33-20)28-10-3-4-11-28)29(24(30)32)13-16-12-17(25)8-9-18(16)26/h5-9,12H,3-4,10-11,13H2,1-2H3. The Kier molecular flexibility index (Phi) is 5.36. The van der Waals surface area contributed by atoms with E-state index in [0.29, 0.717) is 15.5 Å². The molecule has 1 fully saturated rings. The maximum Gasteiger partial charge on any atom is 0.337 e. The Balaban J connectivity index is 1.81. The van der Waals surface area contributed by atoms with E-state index in [1.54, 1.807) is 12.1 Å². The minimum Gasteiger partial charge on any atom is -0.348 e. The van der Waals surface area contributed by atoms with Crippen LogP contribution in [0.15, 0.2) is 46.0 Å². The van der Waals surface area contributed by atoms with Crippen LogP contribution in [-0.4, -0.2) is 27.2 Å². The number of aryl methyl sites for hydroxylation is 1. The van der Waals surface area contributed by atoms with Gasteiger partial charge in [0.15, 0.2) is 10.8 Å². The molecule has 0 spiro atoms. The molecule has 1 saturated heterocycles. The maximum atomic E-state index is 14.5. The van der Waals surface area contributed by atoms with Crippen LogP contribution < -0.4 is 16.1 Å². The van der Waals surface area contributed by atoms with Gasteiger partial charge >= 0.3 is 5.69 Å². The Morgan fingerprint density at radius 2 is 1.82 bits per heavy atom. The zero-order chi connectivity index (χ0) is 23.3. The van der Waals surface area contributed by atoms with E-state index in [2.05, 4.69) is 9.88 Å². The number of hydrogen-bond acceptors (Lipinski definition) is 5. The first-order valence-electron chi connectivity index (χ1n) is 10.8. The lowest BCUT2D eigenvalue weighted by Gasteiger charge is -2.14. The summed E-state index contributed by atoms with van der Waals surface area (Å²) in [5.74, 6) is -1.23. The smallest absolute Gasteiger partial charge is 0.337 e. The van der Waals surface area contributed by atoms with Gasteiger partial charge in [0.2, 0.25) is 0 Å². The second-order valence-electron chi connectivity index (χ2n) is 8.31. The van der Waals surface area contributed by atoms with E-state index in [9.17, 15) is 18.4 Å². The molecular formula is C24H22F2N4O2S. The van der Waals surface area contributed by atoms with E-state index in [-0.39, 0.29) is 17.8 Å². The monoisotopic (exact) mass is 468 g/mol. The Bertz CT molecular complexity index is 1500. The fraction of sp³-hybridized carbons (Fsp3) is 0.292. The number of thiazole rings is 1. The van der Waals surface area contributed by atoms with Gasteiger partial charge < -0.3 is 4.90 Å². The van der Waals surface area contributed by atoms with Crippen molar-refractivity contribution in [3.8, 4) is 5.69 Å². The molecule has 0 aliphatic carbocycles. The first-order valence-corrected chi connectivity index (χ1v) is 11.6. The van der Waals surface area contributed by atoms with E-state index in [0.717, 1.165) is 59.8 Å². The van der Waals surface area contributed by atoms with Crippen molar-refractivity contribution in [2.45, 2.75) is 33.2 Å². The number of rotatable bonds is 4. The van der Waals surface area contributed by atoms with Crippen LogP contribution in [0, 0.1) is 25.5 Å². The lowest BCUT2D eigenvalue weighted by Crippen LogP contribution is -2.39. The molecule has 170 valence electrons. The van der Waals surface area contributed by atoms with Crippen molar-refractivity contribution < 1.29 is 8.78 Å². The zero-order valence-electron chi connectivity index (χ0n) is 18.3. The molecule has 1 aliphatic rings. The molecule has 5 rings (SSSR count). The molecule has 0 bridgehead atoms. The van der Waals surface area contributed by atoms with Crippen LogP contribution in [0.2, 0.25) is 0 Å².